The molecule has 0 spiro atoms. The lowest BCUT2D eigenvalue weighted by molar-refractivity contribution is 0.884. The number of nitrogens with zero attached hydrogens (tertiary/aromatic N) is 3. The summed E-state index contributed by atoms with van der Waals surface area (Å²) >= 11 is 6.05. The number of fused-ring (bicyclic) bond motifs is 1. The lowest BCUT2D eigenvalue weighted by Crippen LogP contribution is -2.13. The number of halogens is 1. The molecule has 5 heteroatoms. The van der Waals surface area contributed by atoms with Gasteiger partial charge in [-0.15, -0.1) is 11.6 Å². The van der Waals surface area contributed by atoms with Crippen LogP contribution in [-0.2, 0) is 0 Å². The first kappa shape index (κ1) is 12.8. The number of rotatable bonds is 4. The molecule has 2 aromatic heterocycles. The number of hydrogen-bond acceptors (Lipinski definition) is 4. The van der Waals surface area contributed by atoms with Gasteiger partial charge in [-0.25, -0.2) is 9.97 Å². The van der Waals surface area contributed by atoms with Gasteiger partial charge in [0, 0.05) is 18.3 Å². The van der Waals surface area contributed by atoms with Crippen LogP contribution in [0.1, 0.15) is 11.6 Å². The van der Waals surface area contributed by atoms with Crippen LogP contribution < -0.4 is 5.32 Å². The van der Waals surface area contributed by atoms with Crippen LogP contribution in [0.25, 0.3) is 11.2 Å². The monoisotopic (exact) mass is 284 g/mol. The summed E-state index contributed by atoms with van der Waals surface area (Å²) in [7, 11) is 0. The van der Waals surface area contributed by atoms with E-state index in [2.05, 4.69) is 20.3 Å². The fraction of sp³-hybridized carbons (Fsp3) is 0.133. The molecule has 0 aliphatic rings. The Morgan fingerprint density at radius 3 is 2.60 bits per heavy atom. The van der Waals surface area contributed by atoms with Gasteiger partial charge in [0.2, 0.25) is 0 Å². The zero-order valence-electron chi connectivity index (χ0n) is 10.7. The molecular weight excluding hydrogens is 272 g/mol. The van der Waals surface area contributed by atoms with E-state index in [1.54, 1.807) is 12.4 Å². The minimum absolute atomic E-state index is 0.0134. The quantitative estimate of drug-likeness (QED) is 0.746. The van der Waals surface area contributed by atoms with Crippen molar-refractivity contribution in [3.63, 3.8) is 0 Å². The molecule has 0 fully saturated rings. The lowest BCUT2D eigenvalue weighted by Gasteiger charge is -2.17. The van der Waals surface area contributed by atoms with Crippen LogP contribution in [0.15, 0.2) is 54.9 Å². The highest BCUT2D eigenvalue weighted by Crippen LogP contribution is 2.20. The molecule has 1 atom stereocenters. The minimum Gasteiger partial charge on any atom is -0.362 e. The Hall–Kier alpha value is -2.20. The maximum absolute atomic E-state index is 6.05. The number of aromatic nitrogens is 3. The molecule has 20 heavy (non-hydrogen) atoms. The first-order valence-electron chi connectivity index (χ1n) is 6.32. The molecule has 0 aliphatic heterocycles. The molecule has 0 aliphatic carbocycles. The Morgan fingerprint density at radius 2 is 1.80 bits per heavy atom. The van der Waals surface area contributed by atoms with E-state index in [-0.39, 0.29) is 6.04 Å². The smallest absolute Gasteiger partial charge is 0.180 e. The number of benzene rings is 1. The van der Waals surface area contributed by atoms with E-state index in [1.165, 1.54) is 0 Å². The summed E-state index contributed by atoms with van der Waals surface area (Å²) in [5, 5.41) is 3.33. The standard InChI is InChI=1S/C15H13ClN4/c16-10-13(11-4-2-1-3-5-11)19-14-7-6-12-15(20-14)18-9-8-17-12/h1-9,13H,10H2,(H,18,19,20). The van der Waals surface area contributed by atoms with E-state index in [9.17, 15) is 0 Å². The van der Waals surface area contributed by atoms with Gasteiger partial charge in [-0.2, -0.15) is 0 Å². The van der Waals surface area contributed by atoms with Crippen LogP contribution in [0, 0.1) is 0 Å². The van der Waals surface area contributed by atoms with Gasteiger partial charge >= 0.3 is 0 Å². The van der Waals surface area contributed by atoms with Gasteiger partial charge in [-0.3, -0.25) is 4.98 Å². The highest BCUT2D eigenvalue weighted by molar-refractivity contribution is 6.18. The Bertz CT molecular complexity index is 702. The molecule has 1 unspecified atom stereocenters. The third-order valence-corrected chi connectivity index (χ3v) is 3.32. The molecule has 0 radical (unpaired) electrons. The van der Waals surface area contributed by atoms with Crippen LogP contribution in [0.4, 0.5) is 5.82 Å². The van der Waals surface area contributed by atoms with E-state index in [0.29, 0.717) is 11.5 Å². The Kier molecular flexibility index (Phi) is 3.74. The van der Waals surface area contributed by atoms with Gasteiger partial charge in [-0.05, 0) is 17.7 Å². The summed E-state index contributed by atoms with van der Waals surface area (Å²) in [5.74, 6) is 1.21. The topological polar surface area (TPSA) is 50.7 Å². The van der Waals surface area contributed by atoms with E-state index in [0.717, 1.165) is 16.9 Å². The number of pyridine rings is 1. The van der Waals surface area contributed by atoms with Crippen molar-refractivity contribution in [3.8, 4) is 0 Å². The summed E-state index contributed by atoms with van der Waals surface area (Å²) in [5.41, 5.74) is 2.53. The fourth-order valence-electron chi connectivity index (χ4n) is 2.01. The maximum Gasteiger partial charge on any atom is 0.180 e. The Labute approximate surface area is 121 Å². The number of alkyl halides is 1. The molecular formula is C15H13ClN4. The average Bonchev–Trinajstić information content (AvgIpc) is 2.53. The van der Waals surface area contributed by atoms with Crippen LogP contribution >= 0.6 is 11.6 Å². The highest BCUT2D eigenvalue weighted by atomic mass is 35.5. The zero-order chi connectivity index (χ0) is 13.8. The first-order valence-corrected chi connectivity index (χ1v) is 6.85. The van der Waals surface area contributed by atoms with Gasteiger partial charge < -0.3 is 5.32 Å². The van der Waals surface area contributed by atoms with Crippen molar-refractivity contribution in [2.75, 3.05) is 11.2 Å². The van der Waals surface area contributed by atoms with Crippen molar-refractivity contribution in [2.45, 2.75) is 6.04 Å². The van der Waals surface area contributed by atoms with E-state index in [1.807, 2.05) is 42.5 Å². The maximum atomic E-state index is 6.05. The van der Waals surface area contributed by atoms with Gasteiger partial charge in [0.25, 0.3) is 0 Å². The van der Waals surface area contributed by atoms with Crippen molar-refractivity contribution in [1.82, 2.24) is 15.0 Å². The third kappa shape index (κ3) is 2.70. The largest absolute Gasteiger partial charge is 0.362 e. The SMILES string of the molecule is ClCC(Nc1ccc2nccnc2n1)c1ccccc1. The number of anilines is 1. The summed E-state index contributed by atoms with van der Waals surface area (Å²) in [6.45, 7) is 0. The predicted octanol–water partition coefficient (Wildman–Crippen LogP) is 3.42. The Morgan fingerprint density at radius 1 is 1.00 bits per heavy atom. The van der Waals surface area contributed by atoms with E-state index < -0.39 is 0 Å². The molecule has 2 heterocycles. The number of nitrogens with one attached hydrogen (secondary N) is 1. The lowest BCUT2D eigenvalue weighted by atomic mass is 10.1. The van der Waals surface area contributed by atoms with Crippen LogP contribution in [-0.4, -0.2) is 20.8 Å². The van der Waals surface area contributed by atoms with Gasteiger partial charge in [0.1, 0.15) is 11.3 Å². The van der Waals surface area contributed by atoms with Gasteiger partial charge in [0.05, 0.1) is 6.04 Å². The van der Waals surface area contributed by atoms with Crippen molar-refractivity contribution in [1.29, 1.82) is 0 Å². The van der Waals surface area contributed by atoms with Crippen molar-refractivity contribution in [3.05, 3.63) is 60.4 Å². The summed E-state index contributed by atoms with van der Waals surface area (Å²) in [6.07, 6.45) is 3.29. The van der Waals surface area contributed by atoms with Crippen molar-refractivity contribution < 1.29 is 0 Å². The van der Waals surface area contributed by atoms with Crippen LogP contribution in [0.2, 0.25) is 0 Å². The van der Waals surface area contributed by atoms with Gasteiger partial charge in [-0.1, -0.05) is 30.3 Å². The average molecular weight is 285 g/mol. The highest BCUT2D eigenvalue weighted by Gasteiger charge is 2.10. The second-order valence-corrected chi connectivity index (χ2v) is 4.67. The molecule has 3 aromatic rings. The first-order chi connectivity index (χ1) is 9.86. The zero-order valence-corrected chi connectivity index (χ0v) is 11.5. The molecule has 4 nitrogen and oxygen atoms in total. The molecule has 0 bridgehead atoms. The van der Waals surface area contributed by atoms with E-state index >= 15 is 0 Å². The molecule has 1 aromatic carbocycles. The van der Waals surface area contributed by atoms with Crippen LogP contribution in [0.5, 0.6) is 0 Å². The van der Waals surface area contributed by atoms with Crippen molar-refractivity contribution in [2.24, 2.45) is 0 Å². The van der Waals surface area contributed by atoms with Crippen LogP contribution in [0.3, 0.4) is 0 Å². The predicted molar refractivity (Wildman–Crippen MR) is 80.9 cm³/mol. The summed E-state index contributed by atoms with van der Waals surface area (Å²) in [6, 6.07) is 13.9. The Balaban J connectivity index is 1.87. The fourth-order valence-corrected chi connectivity index (χ4v) is 2.26. The molecule has 0 saturated carbocycles. The second kappa shape index (κ2) is 5.84. The molecule has 0 amide bonds. The summed E-state index contributed by atoms with van der Waals surface area (Å²) in [4.78, 5) is 12.8. The summed E-state index contributed by atoms with van der Waals surface area (Å²) < 4.78 is 0. The van der Waals surface area contributed by atoms with Crippen molar-refractivity contribution >= 4 is 28.6 Å². The minimum atomic E-state index is 0.0134. The molecule has 3 rings (SSSR count). The molecule has 100 valence electrons. The molecule has 0 saturated heterocycles. The normalized spacial score (nSPS) is 12.2. The van der Waals surface area contributed by atoms with E-state index in [4.69, 9.17) is 11.6 Å². The second-order valence-electron chi connectivity index (χ2n) is 4.36. The van der Waals surface area contributed by atoms with Gasteiger partial charge in [0.15, 0.2) is 5.65 Å². The third-order valence-electron chi connectivity index (χ3n) is 3.01. The molecule has 1 N–H and O–H groups in total. The number of hydrogen-bond donors (Lipinski definition) is 1.